The average Bonchev–Trinajstić information content (AvgIpc) is 3.18. The zero-order chi connectivity index (χ0) is 22.1. The molecule has 0 atom stereocenters. The zero-order valence-corrected chi connectivity index (χ0v) is 17.2. The molecule has 1 aliphatic heterocycles. The number of hydrogen-bond donors (Lipinski definition) is 1. The molecule has 32 heavy (non-hydrogen) atoms. The van der Waals surface area contributed by atoms with E-state index in [1.807, 2.05) is 42.6 Å². The molecule has 0 bridgehead atoms. The molecule has 5 nitrogen and oxygen atoms in total. The Balaban J connectivity index is 1.39. The van der Waals surface area contributed by atoms with Gasteiger partial charge in [0.1, 0.15) is 5.82 Å². The molecule has 0 fully saturated rings. The van der Waals surface area contributed by atoms with E-state index in [2.05, 4.69) is 9.88 Å². The number of fused-ring (bicyclic) bond motifs is 2. The van der Waals surface area contributed by atoms with Gasteiger partial charge >= 0.3 is 0 Å². The molecule has 1 aliphatic rings. The number of nitrogens with one attached hydrogen (secondary N) is 1. The predicted molar refractivity (Wildman–Crippen MR) is 121 cm³/mol. The van der Waals surface area contributed by atoms with Gasteiger partial charge in [-0.2, -0.15) is 0 Å². The van der Waals surface area contributed by atoms with Crippen molar-refractivity contribution in [2.75, 3.05) is 10.2 Å². The maximum absolute atomic E-state index is 13.8. The molecule has 5 rings (SSSR count). The van der Waals surface area contributed by atoms with Gasteiger partial charge in [0.2, 0.25) is 0 Å². The number of amides is 2. The minimum atomic E-state index is -0.582. The Morgan fingerprint density at radius 2 is 1.56 bits per heavy atom. The summed E-state index contributed by atoms with van der Waals surface area (Å²) in [5.74, 6) is -1.25. The maximum Gasteiger partial charge on any atom is 0.258 e. The lowest BCUT2D eigenvalue weighted by molar-refractivity contribution is 0.0983. The van der Waals surface area contributed by atoms with E-state index in [4.69, 9.17) is 0 Å². The van der Waals surface area contributed by atoms with Crippen molar-refractivity contribution in [2.45, 2.75) is 13.1 Å². The lowest BCUT2D eigenvalue weighted by Gasteiger charge is -2.23. The standard InChI is InChI=1S/C26H20FN3O2/c27-23-9-3-2-8-22(23)25(31)28-20-13-11-18(12-14-20)26(32)30-17-21-7-5-15-29(21)16-19-6-1-4-10-24(19)30/h1-15H,16-17H2,(H,28,31). The molecule has 2 heterocycles. The number of rotatable bonds is 3. The Hall–Kier alpha value is -4.19. The number of aromatic nitrogens is 1. The second kappa shape index (κ2) is 8.15. The molecule has 1 aromatic heterocycles. The van der Waals surface area contributed by atoms with Crippen LogP contribution in [0.2, 0.25) is 0 Å². The molecule has 158 valence electrons. The first-order chi connectivity index (χ1) is 15.6. The van der Waals surface area contributed by atoms with Gasteiger partial charge in [-0.3, -0.25) is 9.59 Å². The van der Waals surface area contributed by atoms with E-state index in [-0.39, 0.29) is 11.5 Å². The van der Waals surface area contributed by atoms with Gasteiger partial charge in [-0.05, 0) is 60.2 Å². The minimum absolute atomic E-state index is 0.0307. The van der Waals surface area contributed by atoms with Crippen LogP contribution in [0.5, 0.6) is 0 Å². The summed E-state index contributed by atoms with van der Waals surface area (Å²) in [5, 5.41) is 2.67. The second-order valence-electron chi connectivity index (χ2n) is 7.66. The molecule has 0 unspecified atom stereocenters. The van der Waals surface area contributed by atoms with E-state index < -0.39 is 11.7 Å². The Morgan fingerprint density at radius 3 is 2.38 bits per heavy atom. The van der Waals surface area contributed by atoms with Gasteiger partial charge in [0, 0.05) is 35.4 Å². The fourth-order valence-corrected chi connectivity index (χ4v) is 3.96. The number of anilines is 2. The van der Waals surface area contributed by atoms with E-state index in [9.17, 15) is 14.0 Å². The van der Waals surface area contributed by atoms with Crippen molar-refractivity contribution in [3.8, 4) is 0 Å². The van der Waals surface area contributed by atoms with Crippen molar-refractivity contribution in [3.05, 3.63) is 119 Å². The van der Waals surface area contributed by atoms with Gasteiger partial charge in [-0.15, -0.1) is 0 Å². The van der Waals surface area contributed by atoms with E-state index in [1.54, 1.807) is 35.2 Å². The van der Waals surface area contributed by atoms with Gasteiger partial charge in [-0.25, -0.2) is 4.39 Å². The summed E-state index contributed by atoms with van der Waals surface area (Å²) >= 11 is 0. The maximum atomic E-state index is 13.8. The Bertz CT molecular complexity index is 1310. The number of carbonyl (C=O) groups is 2. The fourth-order valence-electron chi connectivity index (χ4n) is 3.96. The first kappa shape index (κ1) is 19.8. The van der Waals surface area contributed by atoms with Crippen LogP contribution in [0.15, 0.2) is 91.1 Å². The number of nitrogens with zero attached hydrogens (tertiary/aromatic N) is 2. The third-order valence-electron chi connectivity index (χ3n) is 5.62. The summed E-state index contributed by atoms with van der Waals surface area (Å²) in [5.41, 5.74) is 3.98. The highest BCUT2D eigenvalue weighted by Gasteiger charge is 2.24. The summed E-state index contributed by atoms with van der Waals surface area (Å²) in [7, 11) is 0. The topological polar surface area (TPSA) is 54.3 Å². The smallest absolute Gasteiger partial charge is 0.258 e. The van der Waals surface area contributed by atoms with Crippen LogP contribution in [-0.4, -0.2) is 16.4 Å². The van der Waals surface area contributed by atoms with Crippen molar-refractivity contribution in [3.63, 3.8) is 0 Å². The van der Waals surface area contributed by atoms with Crippen molar-refractivity contribution >= 4 is 23.2 Å². The molecule has 3 aromatic carbocycles. The lowest BCUT2D eigenvalue weighted by atomic mass is 10.1. The highest BCUT2D eigenvalue weighted by atomic mass is 19.1. The van der Waals surface area contributed by atoms with Crippen LogP contribution >= 0.6 is 0 Å². The highest BCUT2D eigenvalue weighted by molar-refractivity contribution is 6.07. The van der Waals surface area contributed by atoms with Crippen molar-refractivity contribution in [1.29, 1.82) is 0 Å². The fraction of sp³-hybridized carbons (Fsp3) is 0.0769. The quantitative estimate of drug-likeness (QED) is 0.497. The largest absolute Gasteiger partial charge is 0.345 e. The van der Waals surface area contributed by atoms with Crippen molar-refractivity contribution in [2.24, 2.45) is 0 Å². The summed E-state index contributed by atoms with van der Waals surface area (Å²) in [6, 6.07) is 24.4. The van der Waals surface area contributed by atoms with Crippen LogP contribution in [-0.2, 0) is 13.1 Å². The van der Waals surface area contributed by atoms with Crippen LogP contribution < -0.4 is 10.2 Å². The van der Waals surface area contributed by atoms with Gasteiger partial charge in [0.25, 0.3) is 11.8 Å². The van der Waals surface area contributed by atoms with Gasteiger partial charge in [-0.1, -0.05) is 30.3 Å². The Morgan fingerprint density at radius 1 is 0.812 bits per heavy atom. The first-order valence-corrected chi connectivity index (χ1v) is 10.3. The molecule has 2 amide bonds. The SMILES string of the molecule is O=C(Nc1ccc(C(=O)N2Cc3cccn3Cc3ccccc32)cc1)c1ccccc1F. The third kappa shape index (κ3) is 3.67. The third-order valence-corrected chi connectivity index (χ3v) is 5.62. The molecule has 0 saturated carbocycles. The minimum Gasteiger partial charge on any atom is -0.345 e. The summed E-state index contributed by atoms with van der Waals surface area (Å²) in [6.45, 7) is 1.18. The summed E-state index contributed by atoms with van der Waals surface area (Å²) < 4.78 is 16.0. The van der Waals surface area contributed by atoms with E-state index in [0.29, 0.717) is 24.3 Å². The molecular formula is C26H20FN3O2. The molecule has 0 radical (unpaired) electrons. The van der Waals surface area contributed by atoms with Crippen molar-refractivity contribution < 1.29 is 14.0 Å². The lowest BCUT2D eigenvalue weighted by Crippen LogP contribution is -2.30. The van der Waals surface area contributed by atoms with Gasteiger partial charge in [0.15, 0.2) is 0 Å². The molecule has 4 aromatic rings. The average molecular weight is 425 g/mol. The first-order valence-electron chi connectivity index (χ1n) is 10.3. The van der Waals surface area contributed by atoms with Gasteiger partial charge < -0.3 is 14.8 Å². The number of halogens is 1. The van der Waals surface area contributed by atoms with Crippen molar-refractivity contribution in [1.82, 2.24) is 4.57 Å². The molecular weight excluding hydrogens is 405 g/mol. The van der Waals surface area contributed by atoms with Crippen LogP contribution in [0.3, 0.4) is 0 Å². The number of para-hydroxylation sites is 1. The zero-order valence-electron chi connectivity index (χ0n) is 17.2. The molecule has 0 aliphatic carbocycles. The second-order valence-corrected chi connectivity index (χ2v) is 7.66. The Kier molecular flexibility index (Phi) is 5.03. The number of benzene rings is 3. The van der Waals surface area contributed by atoms with Gasteiger partial charge in [0.05, 0.1) is 12.1 Å². The normalized spacial score (nSPS) is 12.5. The molecule has 6 heteroatoms. The number of carbonyl (C=O) groups excluding carboxylic acids is 2. The Labute approximate surface area is 184 Å². The van der Waals surface area contributed by atoms with E-state index in [0.717, 1.165) is 16.9 Å². The predicted octanol–water partition coefficient (Wildman–Crippen LogP) is 5.09. The molecule has 1 N–H and O–H groups in total. The van der Waals surface area contributed by atoms with Crippen LogP contribution in [0, 0.1) is 5.82 Å². The van der Waals surface area contributed by atoms with Crippen LogP contribution in [0.4, 0.5) is 15.8 Å². The monoisotopic (exact) mass is 425 g/mol. The van der Waals surface area contributed by atoms with E-state index in [1.165, 1.54) is 18.2 Å². The molecule has 0 saturated heterocycles. The van der Waals surface area contributed by atoms with Crippen LogP contribution in [0.25, 0.3) is 0 Å². The van der Waals surface area contributed by atoms with E-state index >= 15 is 0 Å². The summed E-state index contributed by atoms with van der Waals surface area (Å²) in [4.78, 5) is 27.5. The number of hydrogen-bond acceptors (Lipinski definition) is 2. The highest BCUT2D eigenvalue weighted by Crippen LogP contribution is 2.29. The molecule has 0 spiro atoms. The summed E-state index contributed by atoms with van der Waals surface area (Å²) in [6.07, 6.45) is 2.02. The van der Waals surface area contributed by atoms with Crippen LogP contribution in [0.1, 0.15) is 32.0 Å².